The minimum atomic E-state index is -5.08. The van der Waals surface area contributed by atoms with Crippen molar-refractivity contribution in [1.29, 1.82) is 0 Å². The van der Waals surface area contributed by atoms with Gasteiger partial charge in [-0.3, -0.25) is 4.40 Å². The Kier molecular flexibility index (Phi) is 4.56. The third kappa shape index (κ3) is 3.59. The number of carbonyl (C=O) groups is 1. The number of nitrogens with zero attached hydrogens (tertiary/aromatic N) is 4. The fourth-order valence-corrected chi connectivity index (χ4v) is 2.44. The van der Waals surface area contributed by atoms with Crippen molar-refractivity contribution in [1.82, 2.24) is 24.6 Å². The molecule has 3 heterocycles. The Labute approximate surface area is 150 Å². The molecule has 0 spiro atoms. The van der Waals surface area contributed by atoms with E-state index in [0.717, 1.165) is 28.2 Å². The Morgan fingerprint density at radius 2 is 1.85 bits per heavy atom. The van der Waals surface area contributed by atoms with E-state index in [9.17, 15) is 13.2 Å². The van der Waals surface area contributed by atoms with Gasteiger partial charge in [-0.05, 0) is 37.1 Å². The van der Waals surface area contributed by atoms with Crippen LogP contribution in [0.5, 0.6) is 0 Å². The van der Waals surface area contributed by atoms with Crippen molar-refractivity contribution in [2.45, 2.75) is 20.0 Å². The zero-order valence-corrected chi connectivity index (χ0v) is 14.2. The van der Waals surface area contributed by atoms with Crippen LogP contribution >= 0.6 is 0 Å². The average Bonchev–Trinajstić information content (AvgIpc) is 3.22. The summed E-state index contributed by atoms with van der Waals surface area (Å²) < 4.78 is 33.8. The molecule has 0 saturated heterocycles. The molecule has 0 fully saturated rings. The van der Waals surface area contributed by atoms with Gasteiger partial charge in [0.15, 0.2) is 17.1 Å². The van der Waals surface area contributed by atoms with Gasteiger partial charge in [-0.1, -0.05) is 12.1 Å². The number of aryl methyl sites for hydroxylation is 2. The maximum Gasteiger partial charge on any atom is 0.490 e. The quantitative estimate of drug-likeness (QED) is 0.529. The van der Waals surface area contributed by atoms with E-state index in [2.05, 4.69) is 52.2 Å². The second-order valence-electron chi connectivity index (χ2n) is 5.79. The predicted octanol–water partition coefficient (Wildman–Crippen LogP) is 3.52. The molecule has 0 amide bonds. The fourth-order valence-electron chi connectivity index (χ4n) is 2.44. The number of rotatable bonds is 1. The van der Waals surface area contributed by atoms with Gasteiger partial charge < -0.3 is 10.1 Å². The van der Waals surface area contributed by atoms with Gasteiger partial charge in [-0.15, -0.1) is 10.2 Å². The summed E-state index contributed by atoms with van der Waals surface area (Å²) in [5.41, 5.74) is 6.16. The van der Waals surface area contributed by atoms with Crippen LogP contribution in [-0.2, 0) is 4.79 Å². The highest BCUT2D eigenvalue weighted by Crippen LogP contribution is 2.24. The van der Waals surface area contributed by atoms with Gasteiger partial charge in [0, 0.05) is 11.8 Å². The lowest BCUT2D eigenvalue weighted by atomic mass is 10.1. The first-order chi connectivity index (χ1) is 12.7. The van der Waals surface area contributed by atoms with Crippen molar-refractivity contribution in [2.24, 2.45) is 0 Å². The van der Waals surface area contributed by atoms with E-state index < -0.39 is 12.1 Å². The Morgan fingerprint density at radius 3 is 2.48 bits per heavy atom. The molecule has 0 aliphatic carbocycles. The smallest absolute Gasteiger partial charge is 0.475 e. The molecule has 4 aromatic rings. The first-order valence-corrected chi connectivity index (χ1v) is 7.73. The highest BCUT2D eigenvalue weighted by molar-refractivity contribution is 5.77. The van der Waals surface area contributed by atoms with E-state index in [1.54, 1.807) is 6.20 Å². The number of nitrogens with one attached hydrogen (secondary N) is 1. The number of fused-ring (bicyclic) bond motifs is 3. The minimum absolute atomic E-state index is 0.755. The highest BCUT2D eigenvalue weighted by Gasteiger charge is 2.38. The van der Waals surface area contributed by atoms with Gasteiger partial charge in [0.1, 0.15) is 0 Å². The maximum atomic E-state index is 10.6. The Balaban J connectivity index is 0.000000260. The lowest BCUT2D eigenvalue weighted by Gasteiger charge is -2.04. The number of hydrogen-bond donors (Lipinski definition) is 2. The summed E-state index contributed by atoms with van der Waals surface area (Å²) in [6.07, 6.45) is -1.47. The normalized spacial score (nSPS) is 11.4. The molecular weight excluding hydrogens is 363 g/mol. The van der Waals surface area contributed by atoms with Gasteiger partial charge in [-0.2, -0.15) is 13.2 Å². The molecule has 0 saturated carbocycles. The lowest BCUT2D eigenvalue weighted by molar-refractivity contribution is -0.192. The SMILES string of the molecule is Cc1ccc(-c2nnc3cnc4[nH]ccc4n23)cc1C.O=C(O)C(F)(F)F. The molecule has 1 aromatic carbocycles. The standard InChI is InChI=1S/C15H13N5.C2HF3O2/c1-9-3-4-11(7-10(9)2)15-19-18-13-8-17-14-12(20(13)15)5-6-16-14;3-2(4,5)1(6)7/h3-8,16H,1-2H3;(H,6,7). The third-order valence-electron chi connectivity index (χ3n) is 3.95. The molecule has 0 atom stereocenters. The Hall–Kier alpha value is -3.43. The summed E-state index contributed by atoms with van der Waals surface area (Å²) in [6.45, 7) is 4.21. The van der Waals surface area contributed by atoms with E-state index in [4.69, 9.17) is 9.90 Å². The number of carboxylic acid groups (broad SMARTS) is 1. The highest BCUT2D eigenvalue weighted by atomic mass is 19.4. The summed E-state index contributed by atoms with van der Waals surface area (Å²) in [4.78, 5) is 16.3. The first-order valence-electron chi connectivity index (χ1n) is 7.73. The van der Waals surface area contributed by atoms with Crippen LogP contribution in [0.4, 0.5) is 13.2 Å². The summed E-state index contributed by atoms with van der Waals surface area (Å²) in [7, 11) is 0. The number of hydrogen-bond acceptors (Lipinski definition) is 4. The number of H-pyrrole nitrogens is 1. The molecule has 0 aliphatic heterocycles. The molecular formula is C17H14F3N5O2. The van der Waals surface area contributed by atoms with Crippen LogP contribution in [0.25, 0.3) is 28.2 Å². The number of carboxylic acids is 1. The van der Waals surface area contributed by atoms with Crippen molar-refractivity contribution >= 4 is 22.8 Å². The zero-order valence-electron chi connectivity index (χ0n) is 14.2. The monoisotopic (exact) mass is 377 g/mol. The van der Waals surface area contributed by atoms with Crippen molar-refractivity contribution in [3.05, 3.63) is 47.8 Å². The molecule has 27 heavy (non-hydrogen) atoms. The lowest BCUT2D eigenvalue weighted by Crippen LogP contribution is -2.21. The maximum absolute atomic E-state index is 10.6. The third-order valence-corrected chi connectivity index (χ3v) is 3.95. The van der Waals surface area contributed by atoms with Gasteiger partial charge in [0.05, 0.1) is 11.7 Å². The Morgan fingerprint density at radius 1 is 1.15 bits per heavy atom. The summed E-state index contributed by atoms with van der Waals surface area (Å²) in [6, 6.07) is 8.33. The molecule has 140 valence electrons. The first kappa shape index (κ1) is 18.4. The number of aromatic amines is 1. The number of alkyl halides is 3. The number of aromatic nitrogens is 5. The molecule has 0 bridgehead atoms. The van der Waals surface area contributed by atoms with Crippen LogP contribution in [0.1, 0.15) is 11.1 Å². The van der Waals surface area contributed by atoms with Crippen LogP contribution in [-0.4, -0.2) is 41.8 Å². The second-order valence-corrected chi connectivity index (χ2v) is 5.79. The topological polar surface area (TPSA) is 96.2 Å². The minimum Gasteiger partial charge on any atom is -0.475 e. The molecule has 2 N–H and O–H groups in total. The molecule has 7 nitrogen and oxygen atoms in total. The van der Waals surface area contributed by atoms with E-state index in [1.165, 1.54) is 11.1 Å². The van der Waals surface area contributed by atoms with Crippen LogP contribution in [0, 0.1) is 13.8 Å². The van der Waals surface area contributed by atoms with Crippen LogP contribution in [0.15, 0.2) is 36.7 Å². The number of aliphatic carboxylic acids is 1. The van der Waals surface area contributed by atoms with Crippen molar-refractivity contribution in [3.63, 3.8) is 0 Å². The Bertz CT molecular complexity index is 1130. The summed E-state index contributed by atoms with van der Waals surface area (Å²) in [5, 5.41) is 15.7. The van der Waals surface area contributed by atoms with Gasteiger partial charge in [-0.25, -0.2) is 9.78 Å². The summed E-state index contributed by atoms with van der Waals surface area (Å²) >= 11 is 0. The van der Waals surface area contributed by atoms with Gasteiger partial charge in [0.25, 0.3) is 0 Å². The van der Waals surface area contributed by atoms with Crippen molar-refractivity contribution < 1.29 is 23.1 Å². The summed E-state index contributed by atoms with van der Waals surface area (Å²) in [5.74, 6) is -1.91. The molecule has 3 aromatic heterocycles. The molecule has 0 aliphatic rings. The van der Waals surface area contributed by atoms with E-state index in [0.29, 0.717) is 0 Å². The molecule has 10 heteroatoms. The van der Waals surface area contributed by atoms with E-state index >= 15 is 0 Å². The largest absolute Gasteiger partial charge is 0.490 e. The average molecular weight is 377 g/mol. The van der Waals surface area contributed by atoms with Gasteiger partial charge >= 0.3 is 12.1 Å². The van der Waals surface area contributed by atoms with E-state index in [1.807, 2.05) is 16.7 Å². The van der Waals surface area contributed by atoms with Crippen LogP contribution in [0.2, 0.25) is 0 Å². The van der Waals surface area contributed by atoms with Crippen LogP contribution < -0.4 is 0 Å². The second kappa shape index (κ2) is 6.71. The zero-order chi connectivity index (χ0) is 19.8. The van der Waals surface area contributed by atoms with Crippen molar-refractivity contribution in [2.75, 3.05) is 0 Å². The molecule has 0 unspecified atom stereocenters. The molecule has 4 rings (SSSR count). The van der Waals surface area contributed by atoms with Crippen LogP contribution in [0.3, 0.4) is 0 Å². The number of halogens is 3. The molecule has 0 radical (unpaired) electrons. The fraction of sp³-hybridized carbons (Fsp3) is 0.176. The number of benzene rings is 1. The predicted molar refractivity (Wildman–Crippen MR) is 91.2 cm³/mol. The van der Waals surface area contributed by atoms with Crippen molar-refractivity contribution in [3.8, 4) is 11.4 Å². The van der Waals surface area contributed by atoms with Gasteiger partial charge in [0.2, 0.25) is 0 Å². The van der Waals surface area contributed by atoms with E-state index in [-0.39, 0.29) is 0 Å².